The molecule has 0 radical (unpaired) electrons. The molecule has 1 fully saturated rings. The number of aliphatic hydroxyl groups is 1. The molecule has 0 aliphatic carbocycles. The minimum Gasteiger partial charge on any atom is -0.480 e. The lowest BCUT2D eigenvalue weighted by atomic mass is 10.0. The quantitative estimate of drug-likeness (QED) is 0.451. The van der Waals surface area contributed by atoms with Gasteiger partial charge in [-0.15, -0.1) is 0 Å². The fourth-order valence-corrected chi connectivity index (χ4v) is 1.05. The Morgan fingerprint density at radius 2 is 2.20 bits per heavy atom. The molecular formula is C6H11NO3. The van der Waals surface area contributed by atoms with Gasteiger partial charge in [0, 0.05) is 6.54 Å². The van der Waals surface area contributed by atoms with E-state index in [9.17, 15) is 4.79 Å². The van der Waals surface area contributed by atoms with Crippen LogP contribution in [-0.2, 0) is 4.79 Å². The summed E-state index contributed by atoms with van der Waals surface area (Å²) in [7, 11) is 0. The van der Waals surface area contributed by atoms with Crippen LogP contribution in [0.4, 0.5) is 0 Å². The van der Waals surface area contributed by atoms with E-state index in [-0.39, 0.29) is 6.10 Å². The first kappa shape index (κ1) is 7.50. The van der Waals surface area contributed by atoms with E-state index in [1.807, 2.05) is 0 Å². The molecule has 1 heterocycles. The van der Waals surface area contributed by atoms with Crippen molar-refractivity contribution >= 4 is 5.97 Å². The maximum Gasteiger partial charge on any atom is 0.320 e. The molecular weight excluding hydrogens is 134 g/mol. The number of carboxylic acids is 1. The summed E-state index contributed by atoms with van der Waals surface area (Å²) in [6.45, 7) is 0.400. The Kier molecular flexibility index (Phi) is 2.24. The number of carbonyl (C=O) groups is 1. The molecule has 1 aliphatic rings. The largest absolute Gasteiger partial charge is 0.480 e. The van der Waals surface area contributed by atoms with Crippen LogP contribution in [0.15, 0.2) is 0 Å². The van der Waals surface area contributed by atoms with Crippen LogP contribution in [-0.4, -0.2) is 34.9 Å². The van der Waals surface area contributed by atoms with E-state index in [4.69, 9.17) is 10.2 Å². The van der Waals surface area contributed by atoms with Gasteiger partial charge in [0.05, 0.1) is 6.10 Å². The average molecular weight is 145 g/mol. The first-order valence-corrected chi connectivity index (χ1v) is 3.34. The van der Waals surface area contributed by atoms with Gasteiger partial charge in [0.2, 0.25) is 0 Å². The number of β-amino-alcohol motifs (C(OH)–C–C–N with tert-alkyl or cyclic N) is 1. The molecule has 0 saturated carbocycles. The number of hydrogen-bond acceptors (Lipinski definition) is 3. The van der Waals surface area contributed by atoms with Gasteiger partial charge in [-0.3, -0.25) is 4.79 Å². The molecule has 4 heteroatoms. The fraction of sp³-hybridized carbons (Fsp3) is 0.833. The predicted molar refractivity (Wildman–Crippen MR) is 34.7 cm³/mol. The average Bonchev–Trinajstić information content (AvgIpc) is 1.88. The van der Waals surface area contributed by atoms with Crippen LogP contribution in [0.5, 0.6) is 0 Å². The van der Waals surface area contributed by atoms with E-state index in [0.717, 1.165) is 0 Å². The van der Waals surface area contributed by atoms with E-state index < -0.39 is 12.0 Å². The molecule has 0 aromatic carbocycles. The molecule has 3 N–H and O–H groups in total. The number of rotatable bonds is 1. The van der Waals surface area contributed by atoms with E-state index >= 15 is 0 Å². The molecule has 0 spiro atoms. The van der Waals surface area contributed by atoms with Gasteiger partial charge in [-0.05, 0) is 12.8 Å². The van der Waals surface area contributed by atoms with Gasteiger partial charge in [0.15, 0.2) is 0 Å². The van der Waals surface area contributed by atoms with Crippen molar-refractivity contribution in [3.8, 4) is 0 Å². The minimum absolute atomic E-state index is 0.365. The number of aliphatic carboxylic acids is 1. The summed E-state index contributed by atoms with van der Waals surface area (Å²) in [4.78, 5) is 10.3. The third-order valence-corrected chi connectivity index (χ3v) is 1.69. The van der Waals surface area contributed by atoms with Gasteiger partial charge >= 0.3 is 5.97 Å². The maximum absolute atomic E-state index is 10.3. The normalized spacial score (nSPS) is 33.7. The molecule has 1 saturated heterocycles. The summed E-state index contributed by atoms with van der Waals surface area (Å²) < 4.78 is 0. The second-order valence-corrected chi connectivity index (χ2v) is 2.53. The predicted octanol–water partition coefficient (Wildman–Crippen LogP) is -0.816. The molecule has 2 atom stereocenters. The third-order valence-electron chi connectivity index (χ3n) is 1.69. The van der Waals surface area contributed by atoms with Crippen LogP contribution in [0.25, 0.3) is 0 Å². The Balaban J connectivity index is 2.33. The summed E-state index contributed by atoms with van der Waals surface area (Å²) in [6, 6.07) is -0.455. The Labute approximate surface area is 58.9 Å². The first-order valence-electron chi connectivity index (χ1n) is 3.34. The Hall–Kier alpha value is -0.610. The molecule has 4 nitrogen and oxygen atoms in total. The van der Waals surface area contributed by atoms with Crippen LogP contribution in [0.2, 0.25) is 0 Å². The highest BCUT2D eigenvalue weighted by Gasteiger charge is 2.23. The summed E-state index contributed by atoms with van der Waals surface area (Å²) in [6.07, 6.45) is 0.746. The van der Waals surface area contributed by atoms with Crippen molar-refractivity contribution in [3.63, 3.8) is 0 Å². The number of hydrogen-bond donors (Lipinski definition) is 3. The van der Waals surface area contributed by atoms with E-state index in [1.54, 1.807) is 0 Å². The second-order valence-electron chi connectivity index (χ2n) is 2.53. The lowest BCUT2D eigenvalue weighted by molar-refractivity contribution is -0.140. The van der Waals surface area contributed by atoms with Crippen LogP contribution in [0.1, 0.15) is 12.8 Å². The monoisotopic (exact) mass is 145 g/mol. The van der Waals surface area contributed by atoms with Crippen LogP contribution in [0, 0.1) is 0 Å². The fourth-order valence-electron chi connectivity index (χ4n) is 1.05. The van der Waals surface area contributed by atoms with Crippen molar-refractivity contribution in [2.45, 2.75) is 25.0 Å². The number of aliphatic hydroxyl groups excluding tert-OH is 1. The SMILES string of the molecule is O=C(O)[C@@H]1CCC(O)CN1. The zero-order valence-corrected chi connectivity index (χ0v) is 5.58. The van der Waals surface area contributed by atoms with Gasteiger partial charge in [0.25, 0.3) is 0 Å². The van der Waals surface area contributed by atoms with Crippen molar-refractivity contribution in [2.24, 2.45) is 0 Å². The lowest BCUT2D eigenvalue weighted by Crippen LogP contribution is -2.45. The molecule has 0 aromatic rings. The first-order chi connectivity index (χ1) is 4.70. The highest BCUT2D eigenvalue weighted by Crippen LogP contribution is 2.07. The summed E-state index contributed by atoms with van der Waals surface area (Å²) in [5, 5.41) is 20.2. The molecule has 0 amide bonds. The van der Waals surface area contributed by atoms with Crippen molar-refractivity contribution in [2.75, 3.05) is 6.54 Å². The molecule has 1 unspecified atom stereocenters. The molecule has 10 heavy (non-hydrogen) atoms. The molecule has 0 bridgehead atoms. The standard InChI is InChI=1S/C6H11NO3/c8-4-1-2-5(6(9)10)7-3-4/h4-5,7-8H,1-3H2,(H,9,10)/t4?,5-/m0/s1. The van der Waals surface area contributed by atoms with E-state index in [0.29, 0.717) is 19.4 Å². The Morgan fingerprint density at radius 1 is 1.50 bits per heavy atom. The Bertz CT molecular complexity index is 129. The summed E-state index contributed by atoms with van der Waals surface area (Å²) in [5.74, 6) is -0.827. The van der Waals surface area contributed by atoms with Crippen molar-refractivity contribution in [3.05, 3.63) is 0 Å². The molecule has 58 valence electrons. The molecule has 1 aliphatic heterocycles. The summed E-state index contributed by atoms with van der Waals surface area (Å²) in [5.41, 5.74) is 0. The summed E-state index contributed by atoms with van der Waals surface area (Å²) >= 11 is 0. The third kappa shape index (κ3) is 1.68. The Morgan fingerprint density at radius 3 is 2.60 bits per heavy atom. The maximum atomic E-state index is 10.3. The number of piperidine rings is 1. The second kappa shape index (κ2) is 2.98. The van der Waals surface area contributed by atoms with Gasteiger partial charge < -0.3 is 15.5 Å². The van der Waals surface area contributed by atoms with Crippen molar-refractivity contribution in [1.82, 2.24) is 5.32 Å². The lowest BCUT2D eigenvalue weighted by Gasteiger charge is -2.23. The van der Waals surface area contributed by atoms with Crippen molar-refractivity contribution < 1.29 is 15.0 Å². The van der Waals surface area contributed by atoms with Gasteiger partial charge in [0.1, 0.15) is 6.04 Å². The highest BCUT2D eigenvalue weighted by molar-refractivity contribution is 5.73. The van der Waals surface area contributed by atoms with Gasteiger partial charge in [-0.25, -0.2) is 0 Å². The van der Waals surface area contributed by atoms with Crippen LogP contribution < -0.4 is 5.32 Å². The smallest absolute Gasteiger partial charge is 0.320 e. The van der Waals surface area contributed by atoms with E-state index in [1.165, 1.54) is 0 Å². The minimum atomic E-state index is -0.827. The molecule has 0 aromatic heterocycles. The highest BCUT2D eigenvalue weighted by atomic mass is 16.4. The van der Waals surface area contributed by atoms with Crippen LogP contribution in [0.3, 0.4) is 0 Å². The molecule has 1 rings (SSSR count). The van der Waals surface area contributed by atoms with Crippen LogP contribution >= 0.6 is 0 Å². The zero-order valence-electron chi connectivity index (χ0n) is 5.58. The number of nitrogens with one attached hydrogen (secondary N) is 1. The van der Waals surface area contributed by atoms with E-state index in [2.05, 4.69) is 5.32 Å². The topological polar surface area (TPSA) is 69.6 Å². The van der Waals surface area contributed by atoms with Gasteiger partial charge in [-0.2, -0.15) is 0 Å². The zero-order chi connectivity index (χ0) is 7.56. The van der Waals surface area contributed by atoms with Crippen molar-refractivity contribution in [1.29, 1.82) is 0 Å². The number of carboxylic acid groups (broad SMARTS) is 1. The van der Waals surface area contributed by atoms with Gasteiger partial charge in [-0.1, -0.05) is 0 Å².